The number of hydrogen-bond donors (Lipinski definition) is 2. The van der Waals surface area contributed by atoms with E-state index in [0.717, 1.165) is 19.5 Å². The number of aliphatic hydroxyl groups excluding tert-OH is 1. The molecule has 2 N–H and O–H groups in total. The maximum absolute atomic E-state index is 9.05. The first-order valence-electron chi connectivity index (χ1n) is 5.13. The second kappa shape index (κ2) is 5.78. The second-order valence-corrected chi connectivity index (χ2v) is 3.80. The Balaban J connectivity index is 2.21. The highest BCUT2D eigenvalue weighted by Gasteiger charge is 1.95. The third-order valence-corrected chi connectivity index (χ3v) is 2.19. The van der Waals surface area contributed by atoms with Gasteiger partial charge in [0.05, 0.1) is 6.10 Å². The van der Waals surface area contributed by atoms with Crippen LogP contribution < -0.4 is 5.32 Å². The van der Waals surface area contributed by atoms with Gasteiger partial charge in [0, 0.05) is 6.54 Å². The van der Waals surface area contributed by atoms with E-state index in [0.29, 0.717) is 0 Å². The minimum Gasteiger partial charge on any atom is -0.393 e. The molecular formula is C12H19NO. The minimum absolute atomic E-state index is 0.208. The molecule has 2 heteroatoms. The maximum Gasteiger partial charge on any atom is 0.0524 e. The van der Waals surface area contributed by atoms with Crippen molar-refractivity contribution in [3.63, 3.8) is 0 Å². The normalized spacial score (nSPS) is 12.8. The highest BCUT2D eigenvalue weighted by Crippen LogP contribution is 2.02. The first-order chi connectivity index (χ1) is 6.68. The molecule has 0 radical (unpaired) electrons. The van der Waals surface area contributed by atoms with Crippen LogP contribution in [-0.4, -0.2) is 17.8 Å². The van der Waals surface area contributed by atoms with Crippen molar-refractivity contribution < 1.29 is 5.11 Å². The highest BCUT2D eigenvalue weighted by atomic mass is 16.3. The summed E-state index contributed by atoms with van der Waals surface area (Å²) in [6, 6.07) is 8.49. The summed E-state index contributed by atoms with van der Waals surface area (Å²) in [7, 11) is 0. The summed E-state index contributed by atoms with van der Waals surface area (Å²) in [5.74, 6) is 0. The van der Waals surface area contributed by atoms with Crippen LogP contribution in [0, 0.1) is 6.92 Å². The predicted octanol–water partition coefficient (Wildman–Crippen LogP) is 1.86. The SMILES string of the molecule is Cc1ccc(CNCCC(C)O)cc1. The zero-order valence-electron chi connectivity index (χ0n) is 8.96. The Bertz CT molecular complexity index is 254. The Hall–Kier alpha value is -0.860. The van der Waals surface area contributed by atoms with Crippen LogP contribution in [0.1, 0.15) is 24.5 Å². The van der Waals surface area contributed by atoms with Crippen molar-refractivity contribution in [3.8, 4) is 0 Å². The van der Waals surface area contributed by atoms with Gasteiger partial charge in [-0.25, -0.2) is 0 Å². The summed E-state index contributed by atoms with van der Waals surface area (Å²) < 4.78 is 0. The van der Waals surface area contributed by atoms with E-state index in [4.69, 9.17) is 5.11 Å². The lowest BCUT2D eigenvalue weighted by Crippen LogP contribution is -2.18. The van der Waals surface area contributed by atoms with E-state index < -0.39 is 0 Å². The summed E-state index contributed by atoms with van der Waals surface area (Å²) in [5, 5.41) is 12.3. The summed E-state index contributed by atoms with van der Waals surface area (Å²) in [6.45, 7) is 5.65. The predicted molar refractivity (Wildman–Crippen MR) is 59.2 cm³/mol. The van der Waals surface area contributed by atoms with Crippen LogP contribution in [0.25, 0.3) is 0 Å². The van der Waals surface area contributed by atoms with Crippen molar-refractivity contribution in [3.05, 3.63) is 35.4 Å². The third-order valence-electron chi connectivity index (χ3n) is 2.19. The van der Waals surface area contributed by atoms with Crippen LogP contribution in [0.15, 0.2) is 24.3 Å². The van der Waals surface area contributed by atoms with Gasteiger partial charge in [-0.05, 0) is 32.4 Å². The van der Waals surface area contributed by atoms with Gasteiger partial charge in [0.15, 0.2) is 0 Å². The van der Waals surface area contributed by atoms with Gasteiger partial charge < -0.3 is 10.4 Å². The lowest BCUT2D eigenvalue weighted by atomic mass is 10.1. The van der Waals surface area contributed by atoms with Gasteiger partial charge in [0.25, 0.3) is 0 Å². The molecule has 0 aliphatic heterocycles. The number of benzene rings is 1. The molecule has 0 heterocycles. The Labute approximate surface area is 86.0 Å². The Kier molecular flexibility index (Phi) is 4.63. The summed E-state index contributed by atoms with van der Waals surface area (Å²) in [6.07, 6.45) is 0.604. The lowest BCUT2D eigenvalue weighted by molar-refractivity contribution is 0.183. The molecule has 0 bridgehead atoms. The number of hydrogen-bond acceptors (Lipinski definition) is 2. The van der Waals surface area contributed by atoms with Crippen molar-refractivity contribution in [2.24, 2.45) is 0 Å². The van der Waals surface area contributed by atoms with E-state index in [9.17, 15) is 0 Å². The maximum atomic E-state index is 9.05. The molecular weight excluding hydrogens is 174 g/mol. The van der Waals surface area contributed by atoms with E-state index in [1.165, 1.54) is 11.1 Å². The molecule has 0 aliphatic carbocycles. The molecule has 0 aliphatic rings. The molecule has 78 valence electrons. The van der Waals surface area contributed by atoms with Gasteiger partial charge in [0.1, 0.15) is 0 Å². The largest absolute Gasteiger partial charge is 0.393 e. The Morgan fingerprint density at radius 3 is 2.50 bits per heavy atom. The smallest absolute Gasteiger partial charge is 0.0524 e. The van der Waals surface area contributed by atoms with Crippen molar-refractivity contribution in [1.82, 2.24) is 5.32 Å². The van der Waals surface area contributed by atoms with Gasteiger partial charge in [-0.15, -0.1) is 0 Å². The number of rotatable bonds is 5. The first-order valence-corrected chi connectivity index (χ1v) is 5.13. The van der Waals surface area contributed by atoms with Crippen LogP contribution in [0.5, 0.6) is 0 Å². The minimum atomic E-state index is -0.208. The number of aryl methyl sites for hydroxylation is 1. The molecule has 14 heavy (non-hydrogen) atoms. The highest BCUT2D eigenvalue weighted by molar-refractivity contribution is 5.20. The molecule has 1 atom stereocenters. The number of aliphatic hydroxyl groups is 1. The van der Waals surface area contributed by atoms with Crippen LogP contribution in [0.3, 0.4) is 0 Å². The van der Waals surface area contributed by atoms with Crippen LogP contribution in [0.4, 0.5) is 0 Å². The van der Waals surface area contributed by atoms with Gasteiger partial charge in [-0.1, -0.05) is 29.8 Å². The van der Waals surface area contributed by atoms with Crippen molar-refractivity contribution in [2.45, 2.75) is 32.9 Å². The monoisotopic (exact) mass is 193 g/mol. The Morgan fingerprint density at radius 1 is 1.29 bits per heavy atom. The molecule has 1 aromatic carbocycles. The standard InChI is InChI=1S/C12H19NO/c1-10-3-5-12(6-4-10)9-13-8-7-11(2)14/h3-6,11,13-14H,7-9H2,1-2H3. The fraction of sp³-hybridized carbons (Fsp3) is 0.500. The molecule has 0 saturated carbocycles. The molecule has 1 aromatic rings. The molecule has 0 aromatic heterocycles. The Morgan fingerprint density at radius 2 is 1.93 bits per heavy atom. The molecule has 0 saturated heterocycles. The van der Waals surface area contributed by atoms with E-state index in [1.807, 2.05) is 6.92 Å². The molecule has 2 nitrogen and oxygen atoms in total. The van der Waals surface area contributed by atoms with Gasteiger partial charge in [0.2, 0.25) is 0 Å². The van der Waals surface area contributed by atoms with Gasteiger partial charge >= 0.3 is 0 Å². The zero-order chi connectivity index (χ0) is 10.4. The van der Waals surface area contributed by atoms with Crippen LogP contribution in [-0.2, 0) is 6.54 Å². The average molecular weight is 193 g/mol. The van der Waals surface area contributed by atoms with Crippen molar-refractivity contribution >= 4 is 0 Å². The molecule has 0 amide bonds. The summed E-state index contributed by atoms with van der Waals surface area (Å²) in [5.41, 5.74) is 2.58. The fourth-order valence-electron chi connectivity index (χ4n) is 1.25. The summed E-state index contributed by atoms with van der Waals surface area (Å²) >= 11 is 0. The molecule has 1 rings (SSSR count). The quantitative estimate of drug-likeness (QED) is 0.699. The van der Waals surface area contributed by atoms with Gasteiger partial charge in [-0.3, -0.25) is 0 Å². The third kappa shape index (κ3) is 4.40. The lowest BCUT2D eigenvalue weighted by Gasteiger charge is -2.06. The second-order valence-electron chi connectivity index (χ2n) is 3.80. The average Bonchev–Trinajstić information content (AvgIpc) is 2.15. The first kappa shape index (κ1) is 11.2. The molecule has 1 unspecified atom stereocenters. The van der Waals surface area contributed by atoms with E-state index in [-0.39, 0.29) is 6.10 Å². The van der Waals surface area contributed by atoms with Crippen LogP contribution >= 0.6 is 0 Å². The molecule has 0 fully saturated rings. The van der Waals surface area contributed by atoms with Crippen LogP contribution in [0.2, 0.25) is 0 Å². The number of nitrogens with one attached hydrogen (secondary N) is 1. The van der Waals surface area contributed by atoms with Crippen molar-refractivity contribution in [1.29, 1.82) is 0 Å². The topological polar surface area (TPSA) is 32.3 Å². The van der Waals surface area contributed by atoms with Gasteiger partial charge in [-0.2, -0.15) is 0 Å². The fourth-order valence-corrected chi connectivity index (χ4v) is 1.25. The van der Waals surface area contributed by atoms with E-state index in [1.54, 1.807) is 0 Å². The zero-order valence-corrected chi connectivity index (χ0v) is 8.96. The van der Waals surface area contributed by atoms with Crippen molar-refractivity contribution in [2.75, 3.05) is 6.54 Å². The molecule has 0 spiro atoms. The van der Waals surface area contributed by atoms with E-state index >= 15 is 0 Å². The summed E-state index contributed by atoms with van der Waals surface area (Å²) in [4.78, 5) is 0. The van der Waals surface area contributed by atoms with E-state index in [2.05, 4.69) is 36.5 Å².